The van der Waals surface area contributed by atoms with Crippen LogP contribution in [0.25, 0.3) is 0 Å². The minimum atomic E-state index is -0.574. The zero-order valence-electron chi connectivity index (χ0n) is 10.8. The molecular formula is C13H17N3O3. The first kappa shape index (κ1) is 13.2. The zero-order valence-corrected chi connectivity index (χ0v) is 10.8. The Morgan fingerprint density at radius 2 is 2.32 bits per heavy atom. The van der Waals surface area contributed by atoms with Crippen LogP contribution in [0.15, 0.2) is 18.2 Å². The molecule has 0 bridgehead atoms. The number of primary amides is 1. The van der Waals surface area contributed by atoms with E-state index >= 15 is 0 Å². The number of carbonyl (C=O) groups is 2. The molecule has 0 unspecified atom stereocenters. The van der Waals surface area contributed by atoms with Gasteiger partial charge in [-0.1, -0.05) is 0 Å². The van der Waals surface area contributed by atoms with Crippen molar-refractivity contribution in [2.75, 3.05) is 26.7 Å². The molecule has 1 aromatic carbocycles. The van der Waals surface area contributed by atoms with Gasteiger partial charge in [0.25, 0.3) is 5.91 Å². The molecule has 0 saturated heterocycles. The van der Waals surface area contributed by atoms with E-state index in [0.29, 0.717) is 25.2 Å². The quantitative estimate of drug-likeness (QED) is 0.822. The highest BCUT2D eigenvalue weighted by atomic mass is 16.5. The number of hydrogen-bond acceptors (Lipinski definition) is 3. The van der Waals surface area contributed by atoms with Gasteiger partial charge in [0.1, 0.15) is 5.75 Å². The molecule has 0 atom stereocenters. The normalized spacial score (nSPS) is 13.9. The van der Waals surface area contributed by atoms with E-state index in [-0.39, 0.29) is 5.91 Å². The van der Waals surface area contributed by atoms with Gasteiger partial charge < -0.3 is 20.7 Å². The van der Waals surface area contributed by atoms with Crippen LogP contribution in [0, 0.1) is 0 Å². The summed E-state index contributed by atoms with van der Waals surface area (Å²) in [6.45, 7) is 1.47. The molecule has 19 heavy (non-hydrogen) atoms. The van der Waals surface area contributed by atoms with Gasteiger partial charge in [-0.25, -0.2) is 4.79 Å². The molecule has 102 valence electrons. The van der Waals surface area contributed by atoms with Crippen molar-refractivity contribution >= 4 is 11.9 Å². The molecule has 3 amide bonds. The number of methoxy groups -OCH3 is 1. The minimum absolute atomic E-state index is 0.0184. The molecule has 2 rings (SSSR count). The summed E-state index contributed by atoms with van der Waals surface area (Å²) in [5.41, 5.74) is 6.69. The van der Waals surface area contributed by atoms with E-state index in [1.54, 1.807) is 24.1 Å². The number of benzene rings is 1. The standard InChI is InChI=1S/C13H17N3O3/c1-19-10-2-3-11-9(8-10)4-6-16(12(11)17)7-5-15-13(14)18/h2-3,8H,4-7H2,1H3,(H3,14,15,18). The molecule has 1 heterocycles. The number of ether oxygens (including phenoxy) is 1. The summed E-state index contributed by atoms with van der Waals surface area (Å²) in [4.78, 5) is 24.5. The lowest BCUT2D eigenvalue weighted by Gasteiger charge is -2.28. The SMILES string of the molecule is COc1ccc2c(c1)CCN(CCNC(N)=O)C2=O. The second-order valence-electron chi connectivity index (χ2n) is 4.36. The summed E-state index contributed by atoms with van der Waals surface area (Å²) >= 11 is 0. The number of amides is 3. The van der Waals surface area contributed by atoms with Crippen LogP contribution in [0.5, 0.6) is 5.75 Å². The minimum Gasteiger partial charge on any atom is -0.497 e. The van der Waals surface area contributed by atoms with Crippen molar-refractivity contribution < 1.29 is 14.3 Å². The van der Waals surface area contributed by atoms with Crippen molar-refractivity contribution in [1.82, 2.24) is 10.2 Å². The third-order valence-electron chi connectivity index (χ3n) is 3.16. The Balaban J connectivity index is 2.05. The fraction of sp³-hybridized carbons (Fsp3) is 0.385. The van der Waals surface area contributed by atoms with Crippen LogP contribution in [-0.4, -0.2) is 43.6 Å². The van der Waals surface area contributed by atoms with E-state index in [9.17, 15) is 9.59 Å². The topological polar surface area (TPSA) is 84.7 Å². The third-order valence-corrected chi connectivity index (χ3v) is 3.16. The van der Waals surface area contributed by atoms with Gasteiger partial charge in [-0.2, -0.15) is 0 Å². The number of carbonyl (C=O) groups excluding carboxylic acids is 2. The Morgan fingerprint density at radius 3 is 3.00 bits per heavy atom. The molecule has 0 spiro atoms. The summed E-state index contributed by atoms with van der Waals surface area (Å²) in [5.74, 6) is 0.741. The molecule has 1 aromatic rings. The van der Waals surface area contributed by atoms with Crippen LogP contribution in [0.3, 0.4) is 0 Å². The Labute approximate surface area is 111 Å². The lowest BCUT2D eigenvalue weighted by Crippen LogP contribution is -2.43. The van der Waals surface area contributed by atoms with Crippen LogP contribution >= 0.6 is 0 Å². The number of nitrogens with two attached hydrogens (primary N) is 1. The number of urea groups is 1. The molecule has 0 fully saturated rings. The van der Waals surface area contributed by atoms with Gasteiger partial charge in [-0.3, -0.25) is 4.79 Å². The maximum atomic E-state index is 12.2. The molecule has 0 aromatic heterocycles. The smallest absolute Gasteiger partial charge is 0.312 e. The first-order chi connectivity index (χ1) is 9.11. The number of nitrogens with one attached hydrogen (secondary N) is 1. The van der Waals surface area contributed by atoms with E-state index in [0.717, 1.165) is 17.7 Å². The van der Waals surface area contributed by atoms with E-state index in [4.69, 9.17) is 10.5 Å². The summed E-state index contributed by atoms with van der Waals surface area (Å²) in [6.07, 6.45) is 0.787. The van der Waals surface area contributed by atoms with Crippen molar-refractivity contribution in [3.63, 3.8) is 0 Å². The fourth-order valence-corrected chi connectivity index (χ4v) is 2.17. The first-order valence-electron chi connectivity index (χ1n) is 6.11. The van der Waals surface area contributed by atoms with Crippen molar-refractivity contribution in [3.8, 4) is 5.75 Å². The van der Waals surface area contributed by atoms with Crippen LogP contribution in [0.2, 0.25) is 0 Å². The fourth-order valence-electron chi connectivity index (χ4n) is 2.17. The maximum absolute atomic E-state index is 12.2. The lowest BCUT2D eigenvalue weighted by atomic mass is 9.98. The summed E-state index contributed by atoms with van der Waals surface area (Å²) < 4.78 is 5.15. The van der Waals surface area contributed by atoms with Crippen molar-refractivity contribution in [2.45, 2.75) is 6.42 Å². The highest BCUT2D eigenvalue weighted by Crippen LogP contribution is 2.23. The highest BCUT2D eigenvalue weighted by Gasteiger charge is 2.24. The van der Waals surface area contributed by atoms with Crippen LogP contribution in [-0.2, 0) is 6.42 Å². The number of fused-ring (bicyclic) bond motifs is 1. The number of rotatable bonds is 4. The Hall–Kier alpha value is -2.24. The molecule has 3 N–H and O–H groups in total. The van der Waals surface area contributed by atoms with Gasteiger partial charge in [0.15, 0.2) is 0 Å². The van der Waals surface area contributed by atoms with Gasteiger partial charge in [-0.15, -0.1) is 0 Å². The van der Waals surface area contributed by atoms with E-state index in [1.165, 1.54) is 0 Å². The predicted molar refractivity (Wildman–Crippen MR) is 70.2 cm³/mol. The second kappa shape index (κ2) is 5.60. The van der Waals surface area contributed by atoms with E-state index in [1.807, 2.05) is 6.07 Å². The zero-order chi connectivity index (χ0) is 13.8. The van der Waals surface area contributed by atoms with Gasteiger partial charge >= 0.3 is 6.03 Å². The van der Waals surface area contributed by atoms with Crippen molar-refractivity contribution in [1.29, 1.82) is 0 Å². The molecular weight excluding hydrogens is 246 g/mol. The van der Waals surface area contributed by atoms with Gasteiger partial charge in [0, 0.05) is 25.2 Å². The maximum Gasteiger partial charge on any atom is 0.312 e. The number of nitrogens with zero attached hydrogens (tertiary/aromatic N) is 1. The largest absolute Gasteiger partial charge is 0.497 e. The van der Waals surface area contributed by atoms with E-state index < -0.39 is 6.03 Å². The van der Waals surface area contributed by atoms with Gasteiger partial charge in [0.2, 0.25) is 0 Å². The number of hydrogen-bond donors (Lipinski definition) is 2. The van der Waals surface area contributed by atoms with Crippen molar-refractivity contribution in [3.05, 3.63) is 29.3 Å². The Bertz CT molecular complexity index is 502. The van der Waals surface area contributed by atoms with Gasteiger partial charge in [-0.05, 0) is 30.2 Å². The van der Waals surface area contributed by atoms with Crippen LogP contribution in [0.4, 0.5) is 4.79 Å². The van der Waals surface area contributed by atoms with Crippen LogP contribution in [0.1, 0.15) is 15.9 Å². The molecule has 0 radical (unpaired) electrons. The highest BCUT2D eigenvalue weighted by molar-refractivity contribution is 5.97. The molecule has 0 aliphatic carbocycles. The average Bonchev–Trinajstić information content (AvgIpc) is 2.40. The predicted octanol–water partition coefficient (Wildman–Crippen LogP) is 0.362. The van der Waals surface area contributed by atoms with Crippen LogP contribution < -0.4 is 15.8 Å². The summed E-state index contributed by atoms with van der Waals surface area (Å²) in [5, 5.41) is 2.48. The van der Waals surface area contributed by atoms with Crippen molar-refractivity contribution in [2.24, 2.45) is 5.73 Å². The Morgan fingerprint density at radius 1 is 1.53 bits per heavy atom. The molecule has 6 heteroatoms. The van der Waals surface area contributed by atoms with Gasteiger partial charge in [0.05, 0.1) is 7.11 Å². The lowest BCUT2D eigenvalue weighted by molar-refractivity contribution is 0.0741. The monoisotopic (exact) mass is 263 g/mol. The first-order valence-corrected chi connectivity index (χ1v) is 6.11. The molecule has 6 nitrogen and oxygen atoms in total. The molecule has 1 aliphatic rings. The molecule has 0 saturated carbocycles. The summed E-state index contributed by atoms with van der Waals surface area (Å²) in [6, 6.07) is 4.88. The summed E-state index contributed by atoms with van der Waals surface area (Å²) in [7, 11) is 1.61. The Kier molecular flexibility index (Phi) is 3.89. The second-order valence-corrected chi connectivity index (χ2v) is 4.36. The third kappa shape index (κ3) is 2.96. The molecule has 1 aliphatic heterocycles. The van der Waals surface area contributed by atoms with E-state index in [2.05, 4.69) is 5.32 Å². The average molecular weight is 263 g/mol.